The van der Waals surface area contributed by atoms with E-state index in [0.29, 0.717) is 23.8 Å². The van der Waals surface area contributed by atoms with Gasteiger partial charge in [-0.2, -0.15) is 0 Å². The molecule has 4 aromatic carbocycles. The summed E-state index contributed by atoms with van der Waals surface area (Å²) in [7, 11) is 2.05. The Hall–Kier alpha value is -5.96. The van der Waals surface area contributed by atoms with Crippen LogP contribution in [0.25, 0.3) is 28.4 Å². The Kier molecular flexibility index (Phi) is 7.17. The first-order valence-electron chi connectivity index (χ1n) is 16.2. The molecule has 8 rings (SSSR count). The van der Waals surface area contributed by atoms with Crippen molar-refractivity contribution in [2.24, 2.45) is 0 Å². The molecule has 0 radical (unpaired) electrons. The fourth-order valence-corrected chi connectivity index (χ4v) is 6.91. The Bertz CT molecular complexity index is 2190. The first-order valence-corrected chi connectivity index (χ1v) is 16.2. The summed E-state index contributed by atoms with van der Waals surface area (Å²) in [4.78, 5) is 25.7. The van der Waals surface area contributed by atoms with Crippen LogP contribution in [0.3, 0.4) is 0 Å². The molecule has 48 heavy (non-hydrogen) atoms. The molecular formula is C39H35N7O2. The van der Waals surface area contributed by atoms with Crippen LogP contribution in [-0.2, 0) is 5.54 Å². The van der Waals surface area contributed by atoms with Gasteiger partial charge in [0, 0.05) is 24.8 Å². The Labute approximate surface area is 278 Å². The molecule has 0 N–H and O–H groups in total. The van der Waals surface area contributed by atoms with Crippen molar-refractivity contribution in [1.82, 2.24) is 28.7 Å². The molecule has 9 nitrogen and oxygen atoms in total. The second kappa shape index (κ2) is 11.7. The lowest BCUT2D eigenvalue weighted by molar-refractivity contribution is 0.311. The van der Waals surface area contributed by atoms with E-state index in [-0.39, 0.29) is 17.2 Å². The summed E-state index contributed by atoms with van der Waals surface area (Å²) >= 11 is 0. The molecule has 1 aliphatic rings. The van der Waals surface area contributed by atoms with E-state index < -0.39 is 5.54 Å². The molecule has 0 atom stereocenters. The minimum absolute atomic E-state index is 0.146. The number of hydrogen-bond acceptors (Lipinski definition) is 6. The van der Waals surface area contributed by atoms with Crippen LogP contribution >= 0.6 is 0 Å². The molecule has 0 amide bonds. The molecule has 0 fully saturated rings. The van der Waals surface area contributed by atoms with Crippen LogP contribution in [0.15, 0.2) is 133 Å². The summed E-state index contributed by atoms with van der Waals surface area (Å²) in [6.07, 6.45) is 5.56. The molecule has 0 unspecified atom stereocenters. The average Bonchev–Trinajstić information content (AvgIpc) is 3.78. The van der Waals surface area contributed by atoms with E-state index in [1.165, 1.54) is 0 Å². The maximum absolute atomic E-state index is 14.0. The van der Waals surface area contributed by atoms with Crippen molar-refractivity contribution in [2.75, 3.05) is 25.1 Å². The SMILES string of the molecule is CC(C)n1c(-c2ccc3c(c2)OCCN3C)nn2c(-c3cn(C(c4ccccc4)(c4ccccc4)c4ccccc4)cn3)cnc2c1=O. The maximum Gasteiger partial charge on any atom is 0.297 e. The zero-order chi connectivity index (χ0) is 32.8. The van der Waals surface area contributed by atoms with Crippen molar-refractivity contribution >= 4 is 11.3 Å². The number of likely N-dealkylation sites (N-methyl/N-ethyl adjacent to an activating group) is 1. The number of ether oxygens (including phenoxy) is 1. The third-order valence-electron chi connectivity index (χ3n) is 9.21. The third-order valence-corrected chi connectivity index (χ3v) is 9.21. The molecule has 3 aromatic heterocycles. The number of hydrogen-bond donors (Lipinski definition) is 0. The van der Waals surface area contributed by atoms with E-state index >= 15 is 0 Å². The fourth-order valence-electron chi connectivity index (χ4n) is 6.91. The summed E-state index contributed by atoms with van der Waals surface area (Å²) in [5.41, 5.74) is 5.62. The molecule has 0 saturated carbocycles. The zero-order valence-corrected chi connectivity index (χ0v) is 27.1. The predicted molar refractivity (Wildman–Crippen MR) is 188 cm³/mol. The van der Waals surface area contributed by atoms with Gasteiger partial charge < -0.3 is 14.2 Å². The van der Waals surface area contributed by atoms with Crippen molar-refractivity contribution in [1.29, 1.82) is 0 Å². The first kappa shape index (κ1) is 29.4. The smallest absolute Gasteiger partial charge is 0.297 e. The van der Waals surface area contributed by atoms with Crippen molar-refractivity contribution in [2.45, 2.75) is 25.4 Å². The molecule has 1 aliphatic heterocycles. The molecule has 0 bridgehead atoms. The lowest BCUT2D eigenvalue weighted by Crippen LogP contribution is -2.36. The Balaban J connectivity index is 1.33. The van der Waals surface area contributed by atoms with Gasteiger partial charge in [-0.15, -0.1) is 5.10 Å². The van der Waals surface area contributed by atoms with Gasteiger partial charge in [0.05, 0.1) is 24.8 Å². The number of benzene rings is 4. The van der Waals surface area contributed by atoms with Crippen molar-refractivity contribution in [3.8, 4) is 28.5 Å². The van der Waals surface area contributed by atoms with Gasteiger partial charge >= 0.3 is 0 Å². The highest BCUT2D eigenvalue weighted by molar-refractivity contribution is 5.69. The predicted octanol–water partition coefficient (Wildman–Crippen LogP) is 6.67. The van der Waals surface area contributed by atoms with Crippen LogP contribution in [0.4, 0.5) is 5.69 Å². The van der Waals surface area contributed by atoms with Crippen molar-refractivity contribution < 1.29 is 4.74 Å². The Morgan fingerprint density at radius 3 is 2.04 bits per heavy atom. The van der Waals surface area contributed by atoms with Gasteiger partial charge in [0.1, 0.15) is 29.3 Å². The second-order valence-electron chi connectivity index (χ2n) is 12.4. The van der Waals surface area contributed by atoms with Crippen LogP contribution < -0.4 is 15.2 Å². The van der Waals surface area contributed by atoms with Gasteiger partial charge in [-0.3, -0.25) is 9.36 Å². The quantitative estimate of drug-likeness (QED) is 0.182. The molecular weight excluding hydrogens is 598 g/mol. The summed E-state index contributed by atoms with van der Waals surface area (Å²) in [5, 5.41) is 5.08. The Morgan fingerprint density at radius 1 is 0.812 bits per heavy atom. The van der Waals surface area contributed by atoms with Crippen LogP contribution in [0, 0.1) is 0 Å². The van der Waals surface area contributed by atoms with Gasteiger partial charge in [-0.1, -0.05) is 91.0 Å². The number of anilines is 1. The number of fused-ring (bicyclic) bond motifs is 2. The zero-order valence-electron chi connectivity index (χ0n) is 27.1. The molecule has 238 valence electrons. The minimum Gasteiger partial charge on any atom is -0.490 e. The molecule has 0 aliphatic carbocycles. The van der Waals surface area contributed by atoms with Crippen molar-refractivity contribution in [3.63, 3.8) is 0 Å². The normalized spacial score (nSPS) is 13.1. The average molecular weight is 634 g/mol. The van der Waals surface area contributed by atoms with Gasteiger partial charge in [0.15, 0.2) is 5.82 Å². The number of rotatable bonds is 7. The summed E-state index contributed by atoms with van der Waals surface area (Å²) in [5.74, 6) is 1.31. The molecule has 4 heterocycles. The molecule has 7 aromatic rings. The van der Waals surface area contributed by atoms with Crippen LogP contribution in [0.2, 0.25) is 0 Å². The van der Waals surface area contributed by atoms with E-state index in [1.54, 1.807) is 15.3 Å². The maximum atomic E-state index is 14.0. The molecule has 0 spiro atoms. The monoisotopic (exact) mass is 633 g/mol. The van der Waals surface area contributed by atoms with Gasteiger partial charge in [-0.05, 0) is 48.7 Å². The third kappa shape index (κ3) is 4.61. The van der Waals surface area contributed by atoms with E-state index in [2.05, 4.69) is 87.2 Å². The van der Waals surface area contributed by atoms with Crippen LogP contribution in [0.1, 0.15) is 36.6 Å². The fraction of sp³-hybridized carbons (Fsp3) is 0.179. The summed E-state index contributed by atoms with van der Waals surface area (Å²) < 4.78 is 11.5. The lowest BCUT2D eigenvalue weighted by atomic mass is 9.77. The highest BCUT2D eigenvalue weighted by Gasteiger charge is 2.38. The van der Waals surface area contributed by atoms with Gasteiger partial charge in [0.2, 0.25) is 5.65 Å². The van der Waals surface area contributed by atoms with E-state index in [9.17, 15) is 4.79 Å². The molecule has 9 heteroatoms. The summed E-state index contributed by atoms with van der Waals surface area (Å²) in [6, 6.07) is 37.2. The van der Waals surface area contributed by atoms with E-state index in [1.807, 2.05) is 69.8 Å². The number of aromatic nitrogens is 6. The topological polar surface area (TPSA) is 82.5 Å². The Morgan fingerprint density at radius 2 is 1.44 bits per heavy atom. The number of nitrogens with zero attached hydrogens (tertiary/aromatic N) is 7. The molecule has 0 saturated heterocycles. The minimum atomic E-state index is -0.727. The second-order valence-corrected chi connectivity index (χ2v) is 12.4. The highest BCUT2D eigenvalue weighted by atomic mass is 16.5. The van der Waals surface area contributed by atoms with Gasteiger partial charge in [-0.25, -0.2) is 14.5 Å². The number of imidazole rings is 2. The first-order chi connectivity index (χ1) is 23.5. The van der Waals surface area contributed by atoms with Crippen LogP contribution in [0.5, 0.6) is 5.75 Å². The lowest BCUT2D eigenvalue weighted by Gasteiger charge is -2.37. The summed E-state index contributed by atoms with van der Waals surface area (Å²) in [6.45, 7) is 5.38. The van der Waals surface area contributed by atoms with Crippen LogP contribution in [-0.4, -0.2) is 48.9 Å². The van der Waals surface area contributed by atoms with Gasteiger partial charge in [0.25, 0.3) is 5.56 Å². The van der Waals surface area contributed by atoms with Crippen molar-refractivity contribution in [3.05, 3.63) is 155 Å². The largest absolute Gasteiger partial charge is 0.490 e. The van der Waals surface area contributed by atoms with E-state index in [4.69, 9.17) is 14.8 Å². The van der Waals surface area contributed by atoms with E-state index in [0.717, 1.165) is 40.2 Å². The highest BCUT2D eigenvalue weighted by Crippen LogP contribution is 2.41. The standard InChI is InChI=1S/C39H35N7O2/c1-27(2)45-36(28-19-20-33-35(23-28)48-22-21-43(33)3)42-46-34(24-40-37(46)38(45)47)32-25-44(26-41-32)39(29-13-7-4-8-14-29,30-15-9-5-10-16-30)31-17-11-6-12-18-31/h4-20,23-27H,21-22H2,1-3H3.